The van der Waals surface area contributed by atoms with E-state index in [0.717, 1.165) is 32.2 Å². The predicted octanol–water partition coefficient (Wildman–Crippen LogP) is 1.57. The Hall–Kier alpha value is -2.20. The lowest BCUT2D eigenvalue weighted by Crippen LogP contribution is -2.41. The first-order valence-corrected chi connectivity index (χ1v) is 6.69. The Labute approximate surface area is 117 Å². The SMILES string of the molecule is N#Cc1nc(N2CCCCC2CCN)ccc1[N+](=O)[O-]. The van der Waals surface area contributed by atoms with Crippen molar-refractivity contribution in [1.82, 2.24) is 4.98 Å². The van der Waals surface area contributed by atoms with Gasteiger partial charge in [0.1, 0.15) is 11.9 Å². The highest BCUT2D eigenvalue weighted by atomic mass is 16.6. The van der Waals surface area contributed by atoms with Crippen molar-refractivity contribution in [3.05, 3.63) is 27.9 Å². The van der Waals surface area contributed by atoms with E-state index < -0.39 is 4.92 Å². The van der Waals surface area contributed by atoms with Crippen LogP contribution in [0.2, 0.25) is 0 Å². The van der Waals surface area contributed by atoms with E-state index in [0.29, 0.717) is 18.4 Å². The quantitative estimate of drug-likeness (QED) is 0.659. The third-order valence-electron chi connectivity index (χ3n) is 3.58. The van der Waals surface area contributed by atoms with E-state index in [1.165, 1.54) is 6.07 Å². The van der Waals surface area contributed by atoms with Gasteiger partial charge in [-0.15, -0.1) is 0 Å². The Morgan fingerprint density at radius 2 is 2.35 bits per heavy atom. The second-order valence-corrected chi connectivity index (χ2v) is 4.83. The van der Waals surface area contributed by atoms with Gasteiger partial charge >= 0.3 is 5.69 Å². The van der Waals surface area contributed by atoms with Crippen LogP contribution in [-0.4, -0.2) is 29.0 Å². The van der Waals surface area contributed by atoms with Gasteiger partial charge in [-0.05, 0) is 38.3 Å². The van der Waals surface area contributed by atoms with E-state index in [9.17, 15) is 10.1 Å². The second-order valence-electron chi connectivity index (χ2n) is 4.83. The fraction of sp³-hybridized carbons (Fsp3) is 0.538. The maximum atomic E-state index is 10.8. The number of aromatic nitrogens is 1. The summed E-state index contributed by atoms with van der Waals surface area (Å²) in [6, 6.07) is 5.07. The maximum absolute atomic E-state index is 10.8. The van der Waals surface area contributed by atoms with Gasteiger partial charge < -0.3 is 10.6 Å². The van der Waals surface area contributed by atoms with Crippen molar-refractivity contribution >= 4 is 11.5 Å². The fourth-order valence-corrected chi connectivity index (χ4v) is 2.63. The molecular formula is C13H17N5O2. The number of hydrogen-bond acceptors (Lipinski definition) is 6. The van der Waals surface area contributed by atoms with Gasteiger partial charge in [0.15, 0.2) is 0 Å². The molecule has 1 aliphatic heterocycles. The van der Waals surface area contributed by atoms with Crippen molar-refractivity contribution in [3.63, 3.8) is 0 Å². The average Bonchev–Trinajstić information content (AvgIpc) is 2.47. The molecule has 7 nitrogen and oxygen atoms in total. The fourth-order valence-electron chi connectivity index (χ4n) is 2.63. The minimum Gasteiger partial charge on any atom is -0.354 e. The van der Waals surface area contributed by atoms with Crippen molar-refractivity contribution in [2.75, 3.05) is 18.0 Å². The highest BCUT2D eigenvalue weighted by molar-refractivity contribution is 5.52. The first-order chi connectivity index (χ1) is 9.67. The monoisotopic (exact) mass is 275 g/mol. The number of anilines is 1. The van der Waals surface area contributed by atoms with E-state index in [1.807, 2.05) is 0 Å². The summed E-state index contributed by atoms with van der Waals surface area (Å²) in [5.74, 6) is 0.630. The van der Waals surface area contributed by atoms with Crippen LogP contribution in [0.4, 0.5) is 11.5 Å². The molecular weight excluding hydrogens is 258 g/mol. The van der Waals surface area contributed by atoms with Crippen molar-refractivity contribution < 1.29 is 4.92 Å². The van der Waals surface area contributed by atoms with Crippen LogP contribution in [0.15, 0.2) is 12.1 Å². The molecule has 2 N–H and O–H groups in total. The normalized spacial score (nSPS) is 18.6. The van der Waals surface area contributed by atoms with E-state index in [1.54, 1.807) is 12.1 Å². The minimum absolute atomic E-state index is 0.135. The zero-order valence-electron chi connectivity index (χ0n) is 11.2. The number of nitro groups is 1. The minimum atomic E-state index is -0.580. The van der Waals surface area contributed by atoms with Gasteiger partial charge in [-0.3, -0.25) is 10.1 Å². The Balaban J connectivity index is 2.31. The van der Waals surface area contributed by atoms with Gasteiger partial charge in [0.25, 0.3) is 0 Å². The summed E-state index contributed by atoms with van der Waals surface area (Å²) in [6.07, 6.45) is 4.11. The molecule has 1 aromatic rings. The van der Waals surface area contributed by atoms with Crippen molar-refractivity contribution in [3.8, 4) is 6.07 Å². The van der Waals surface area contributed by atoms with Crippen molar-refractivity contribution in [1.29, 1.82) is 5.26 Å². The predicted molar refractivity (Wildman–Crippen MR) is 74.3 cm³/mol. The molecule has 1 saturated heterocycles. The van der Waals surface area contributed by atoms with E-state index in [4.69, 9.17) is 11.0 Å². The molecule has 1 atom stereocenters. The number of nitrogens with zero attached hydrogens (tertiary/aromatic N) is 4. The van der Waals surface area contributed by atoms with Crippen LogP contribution in [0.3, 0.4) is 0 Å². The highest BCUT2D eigenvalue weighted by Gasteiger charge is 2.25. The molecule has 1 aliphatic rings. The molecule has 0 bridgehead atoms. The average molecular weight is 275 g/mol. The lowest BCUT2D eigenvalue weighted by atomic mass is 9.99. The smallest absolute Gasteiger partial charge is 0.305 e. The number of nitriles is 1. The van der Waals surface area contributed by atoms with Gasteiger partial charge in [0, 0.05) is 18.7 Å². The zero-order valence-corrected chi connectivity index (χ0v) is 11.2. The Bertz CT molecular complexity index is 538. The summed E-state index contributed by atoms with van der Waals surface area (Å²) >= 11 is 0. The topological polar surface area (TPSA) is 109 Å². The van der Waals surface area contributed by atoms with E-state index in [-0.39, 0.29) is 11.4 Å². The molecule has 0 radical (unpaired) electrons. The molecule has 0 aromatic carbocycles. The summed E-state index contributed by atoms with van der Waals surface area (Å²) in [4.78, 5) is 16.5. The van der Waals surface area contributed by atoms with Crippen LogP contribution in [-0.2, 0) is 0 Å². The third kappa shape index (κ3) is 2.86. The second kappa shape index (κ2) is 6.30. The Kier molecular flexibility index (Phi) is 4.48. The summed E-state index contributed by atoms with van der Waals surface area (Å²) in [5, 5.41) is 19.8. The first-order valence-electron chi connectivity index (χ1n) is 6.69. The summed E-state index contributed by atoms with van der Waals surface area (Å²) in [5.41, 5.74) is 5.25. The van der Waals surface area contributed by atoms with Crippen LogP contribution < -0.4 is 10.6 Å². The highest BCUT2D eigenvalue weighted by Crippen LogP contribution is 2.27. The molecule has 0 amide bonds. The molecule has 0 saturated carbocycles. The Morgan fingerprint density at radius 1 is 1.55 bits per heavy atom. The summed E-state index contributed by atoms with van der Waals surface area (Å²) < 4.78 is 0. The number of nitrogens with two attached hydrogens (primary N) is 1. The first kappa shape index (κ1) is 14.2. The van der Waals surface area contributed by atoms with E-state index in [2.05, 4.69) is 9.88 Å². The number of rotatable bonds is 4. The van der Waals surface area contributed by atoms with Crippen molar-refractivity contribution in [2.45, 2.75) is 31.7 Å². The molecule has 1 unspecified atom stereocenters. The lowest BCUT2D eigenvalue weighted by molar-refractivity contribution is -0.385. The molecule has 1 aromatic heterocycles. The van der Waals surface area contributed by atoms with Gasteiger partial charge in [-0.25, -0.2) is 4.98 Å². The van der Waals surface area contributed by atoms with Crippen LogP contribution in [0.5, 0.6) is 0 Å². The molecule has 1 fully saturated rings. The summed E-state index contributed by atoms with van der Waals surface area (Å²) in [6.45, 7) is 1.44. The van der Waals surface area contributed by atoms with Crippen molar-refractivity contribution in [2.24, 2.45) is 5.73 Å². The number of pyridine rings is 1. The molecule has 106 valence electrons. The Morgan fingerprint density at radius 3 is 3.00 bits per heavy atom. The van der Waals surface area contributed by atoms with Crippen LogP contribution in [0, 0.1) is 21.4 Å². The van der Waals surface area contributed by atoms with Gasteiger partial charge in [-0.2, -0.15) is 5.26 Å². The summed E-state index contributed by atoms with van der Waals surface area (Å²) in [7, 11) is 0. The molecule has 20 heavy (non-hydrogen) atoms. The van der Waals surface area contributed by atoms with Gasteiger partial charge in [0.2, 0.25) is 5.69 Å². The largest absolute Gasteiger partial charge is 0.354 e. The maximum Gasteiger partial charge on any atom is 0.305 e. The third-order valence-corrected chi connectivity index (χ3v) is 3.58. The standard InChI is InChI=1S/C13H17N5O2/c14-7-6-10-3-1-2-8-17(10)13-5-4-12(18(19)20)11(9-15)16-13/h4-5,10H,1-3,6-8,14H2. The van der Waals surface area contributed by atoms with Crippen LogP contribution >= 0.6 is 0 Å². The zero-order chi connectivity index (χ0) is 14.5. The molecule has 7 heteroatoms. The van der Waals surface area contributed by atoms with Gasteiger partial charge in [-0.1, -0.05) is 0 Å². The number of piperidine rings is 1. The van der Waals surface area contributed by atoms with Gasteiger partial charge in [0.05, 0.1) is 4.92 Å². The molecule has 0 spiro atoms. The molecule has 2 heterocycles. The van der Waals surface area contributed by atoms with Crippen LogP contribution in [0.25, 0.3) is 0 Å². The number of hydrogen-bond donors (Lipinski definition) is 1. The molecule has 2 rings (SSSR count). The van der Waals surface area contributed by atoms with E-state index >= 15 is 0 Å². The molecule has 0 aliphatic carbocycles. The van der Waals surface area contributed by atoms with Crippen LogP contribution in [0.1, 0.15) is 31.4 Å². The lowest BCUT2D eigenvalue weighted by Gasteiger charge is -2.36.